The number of amides is 1. The monoisotopic (exact) mass is 172 g/mol. The van der Waals surface area contributed by atoms with E-state index < -0.39 is 0 Å². The molecule has 0 unspecified atom stereocenters. The van der Waals surface area contributed by atoms with Crippen LogP contribution in [0.1, 0.15) is 19.8 Å². The minimum Gasteiger partial charge on any atom is -0.369 e. The average Bonchev–Trinajstić information content (AvgIpc) is 2.06. The van der Waals surface area contributed by atoms with Crippen molar-refractivity contribution in [3.63, 3.8) is 0 Å². The van der Waals surface area contributed by atoms with Crippen molar-refractivity contribution in [3.05, 3.63) is 0 Å². The van der Waals surface area contributed by atoms with Gasteiger partial charge >= 0.3 is 0 Å². The van der Waals surface area contributed by atoms with Gasteiger partial charge in [-0.3, -0.25) is 9.63 Å². The van der Waals surface area contributed by atoms with E-state index in [0.717, 1.165) is 25.9 Å². The molecule has 1 saturated heterocycles. The van der Waals surface area contributed by atoms with Gasteiger partial charge in [-0.2, -0.15) is 5.06 Å². The molecule has 1 heterocycles. The van der Waals surface area contributed by atoms with Crippen LogP contribution in [0, 0.1) is 5.92 Å². The normalized spacial score (nSPS) is 21.1. The van der Waals surface area contributed by atoms with Gasteiger partial charge in [0.1, 0.15) is 0 Å². The van der Waals surface area contributed by atoms with Gasteiger partial charge in [0, 0.05) is 19.0 Å². The van der Waals surface area contributed by atoms with Crippen molar-refractivity contribution in [1.29, 1.82) is 0 Å². The summed E-state index contributed by atoms with van der Waals surface area (Å²) in [6.07, 6.45) is 1.66. The average molecular weight is 172 g/mol. The first kappa shape index (κ1) is 9.48. The highest BCUT2D eigenvalue weighted by molar-refractivity contribution is 5.76. The summed E-state index contributed by atoms with van der Waals surface area (Å²) < 4.78 is 0. The fourth-order valence-corrected chi connectivity index (χ4v) is 1.45. The molecule has 0 saturated carbocycles. The molecule has 4 heteroatoms. The predicted octanol–water partition coefficient (Wildman–Crippen LogP) is 0.135. The van der Waals surface area contributed by atoms with Crippen LogP contribution in [-0.2, 0) is 9.63 Å². The summed E-state index contributed by atoms with van der Waals surface area (Å²) in [7, 11) is 0. The van der Waals surface area contributed by atoms with Gasteiger partial charge in [-0.15, -0.1) is 0 Å². The number of nitrogens with two attached hydrogens (primary N) is 1. The van der Waals surface area contributed by atoms with E-state index in [1.54, 1.807) is 0 Å². The Hall–Kier alpha value is -0.610. The maximum atomic E-state index is 10.8. The van der Waals surface area contributed by atoms with E-state index in [-0.39, 0.29) is 11.8 Å². The number of rotatable bonds is 3. The second-order valence-corrected chi connectivity index (χ2v) is 3.02. The summed E-state index contributed by atoms with van der Waals surface area (Å²) in [5.41, 5.74) is 5.19. The summed E-state index contributed by atoms with van der Waals surface area (Å²) in [5.74, 6) is -0.118. The highest BCUT2D eigenvalue weighted by Crippen LogP contribution is 2.16. The number of hydrogen-bond donors (Lipinski definition) is 1. The van der Waals surface area contributed by atoms with Crippen LogP contribution >= 0.6 is 0 Å². The van der Waals surface area contributed by atoms with Crippen molar-refractivity contribution >= 4 is 5.91 Å². The lowest BCUT2D eigenvalue weighted by Gasteiger charge is -2.28. The predicted molar refractivity (Wildman–Crippen MR) is 45.1 cm³/mol. The van der Waals surface area contributed by atoms with E-state index >= 15 is 0 Å². The Kier molecular flexibility index (Phi) is 3.49. The SMILES string of the molecule is CCON1CCC(C(N)=O)CC1. The summed E-state index contributed by atoms with van der Waals surface area (Å²) in [5, 5.41) is 1.90. The van der Waals surface area contributed by atoms with Crippen LogP contribution in [-0.4, -0.2) is 30.7 Å². The first-order chi connectivity index (χ1) is 5.74. The Bertz CT molecular complexity index is 153. The van der Waals surface area contributed by atoms with Gasteiger partial charge in [0.25, 0.3) is 0 Å². The molecular weight excluding hydrogens is 156 g/mol. The molecule has 0 radical (unpaired) electrons. The van der Waals surface area contributed by atoms with Crippen LogP contribution in [0.5, 0.6) is 0 Å². The zero-order valence-corrected chi connectivity index (χ0v) is 7.45. The quantitative estimate of drug-likeness (QED) is 0.658. The molecular formula is C8H16N2O2. The Labute approximate surface area is 72.6 Å². The van der Waals surface area contributed by atoms with Gasteiger partial charge in [-0.25, -0.2) is 0 Å². The van der Waals surface area contributed by atoms with E-state index in [0.29, 0.717) is 6.61 Å². The number of hydrogen-bond acceptors (Lipinski definition) is 3. The molecule has 0 aromatic rings. The molecule has 1 amide bonds. The number of primary amides is 1. The third-order valence-electron chi connectivity index (χ3n) is 2.17. The van der Waals surface area contributed by atoms with Gasteiger partial charge in [0.05, 0.1) is 6.61 Å². The molecule has 1 fully saturated rings. The van der Waals surface area contributed by atoms with Crippen LogP contribution < -0.4 is 5.73 Å². The number of hydroxylamine groups is 2. The van der Waals surface area contributed by atoms with E-state index in [9.17, 15) is 4.79 Å². The van der Waals surface area contributed by atoms with Gasteiger partial charge in [-0.1, -0.05) is 0 Å². The standard InChI is InChI=1S/C8H16N2O2/c1-2-12-10-5-3-7(4-6-10)8(9)11/h7H,2-6H2,1H3,(H2,9,11). The maximum Gasteiger partial charge on any atom is 0.220 e. The van der Waals surface area contributed by atoms with E-state index in [1.807, 2.05) is 12.0 Å². The fraction of sp³-hybridized carbons (Fsp3) is 0.875. The molecule has 1 aliphatic heterocycles. The lowest BCUT2D eigenvalue weighted by molar-refractivity contribution is -0.171. The lowest BCUT2D eigenvalue weighted by atomic mass is 9.97. The topological polar surface area (TPSA) is 55.6 Å². The van der Waals surface area contributed by atoms with Gasteiger partial charge in [0.15, 0.2) is 0 Å². The molecule has 12 heavy (non-hydrogen) atoms. The molecule has 0 atom stereocenters. The van der Waals surface area contributed by atoms with Gasteiger partial charge < -0.3 is 5.73 Å². The van der Waals surface area contributed by atoms with Crippen molar-refractivity contribution in [1.82, 2.24) is 5.06 Å². The maximum absolute atomic E-state index is 10.8. The summed E-state index contributed by atoms with van der Waals surface area (Å²) >= 11 is 0. The highest BCUT2D eigenvalue weighted by atomic mass is 16.7. The lowest BCUT2D eigenvalue weighted by Crippen LogP contribution is -2.38. The molecule has 2 N–H and O–H groups in total. The Morgan fingerprint density at radius 3 is 2.58 bits per heavy atom. The number of carbonyl (C=O) groups is 1. The third kappa shape index (κ3) is 2.46. The molecule has 0 aromatic heterocycles. The highest BCUT2D eigenvalue weighted by Gasteiger charge is 2.22. The molecule has 0 bridgehead atoms. The molecule has 4 nitrogen and oxygen atoms in total. The molecule has 0 spiro atoms. The molecule has 0 aromatic carbocycles. The largest absolute Gasteiger partial charge is 0.369 e. The second kappa shape index (κ2) is 4.42. The zero-order valence-electron chi connectivity index (χ0n) is 7.45. The van der Waals surface area contributed by atoms with Crippen LogP contribution in [0.4, 0.5) is 0 Å². The van der Waals surface area contributed by atoms with Crippen molar-refractivity contribution in [2.45, 2.75) is 19.8 Å². The van der Waals surface area contributed by atoms with E-state index in [4.69, 9.17) is 10.6 Å². The fourth-order valence-electron chi connectivity index (χ4n) is 1.45. The molecule has 70 valence electrons. The Balaban J connectivity index is 2.25. The van der Waals surface area contributed by atoms with Crippen molar-refractivity contribution in [2.75, 3.05) is 19.7 Å². The smallest absolute Gasteiger partial charge is 0.220 e. The van der Waals surface area contributed by atoms with Crippen LogP contribution in [0.3, 0.4) is 0 Å². The summed E-state index contributed by atoms with van der Waals surface area (Å²) in [6.45, 7) is 4.30. The zero-order chi connectivity index (χ0) is 8.97. The van der Waals surface area contributed by atoms with Crippen LogP contribution in [0.15, 0.2) is 0 Å². The molecule has 0 aliphatic carbocycles. The first-order valence-corrected chi connectivity index (χ1v) is 4.41. The van der Waals surface area contributed by atoms with E-state index in [2.05, 4.69) is 0 Å². The van der Waals surface area contributed by atoms with E-state index in [1.165, 1.54) is 0 Å². The first-order valence-electron chi connectivity index (χ1n) is 4.41. The number of carbonyl (C=O) groups excluding carboxylic acids is 1. The Morgan fingerprint density at radius 1 is 1.58 bits per heavy atom. The third-order valence-corrected chi connectivity index (χ3v) is 2.17. The van der Waals surface area contributed by atoms with Gasteiger partial charge in [0.2, 0.25) is 5.91 Å². The van der Waals surface area contributed by atoms with Crippen molar-refractivity contribution < 1.29 is 9.63 Å². The van der Waals surface area contributed by atoms with Crippen LogP contribution in [0.2, 0.25) is 0 Å². The second-order valence-electron chi connectivity index (χ2n) is 3.02. The van der Waals surface area contributed by atoms with Gasteiger partial charge in [-0.05, 0) is 19.8 Å². The van der Waals surface area contributed by atoms with Crippen molar-refractivity contribution in [3.8, 4) is 0 Å². The summed E-state index contributed by atoms with van der Waals surface area (Å²) in [4.78, 5) is 16.1. The molecule has 1 aliphatic rings. The summed E-state index contributed by atoms with van der Waals surface area (Å²) in [6, 6.07) is 0. The Morgan fingerprint density at radius 2 is 2.17 bits per heavy atom. The number of nitrogens with zero attached hydrogens (tertiary/aromatic N) is 1. The minimum atomic E-state index is -0.175. The van der Waals surface area contributed by atoms with Crippen LogP contribution in [0.25, 0.3) is 0 Å². The molecule has 1 rings (SSSR count). The van der Waals surface area contributed by atoms with Crippen molar-refractivity contribution in [2.24, 2.45) is 11.7 Å². The minimum absolute atomic E-state index is 0.0571. The number of piperidine rings is 1.